The summed E-state index contributed by atoms with van der Waals surface area (Å²) in [6.07, 6.45) is 9.12. The number of sulfonamides is 1. The summed E-state index contributed by atoms with van der Waals surface area (Å²) >= 11 is 0. The van der Waals surface area contributed by atoms with Crippen LogP contribution in [0.5, 0.6) is 0 Å². The average molecular weight is 460 g/mol. The van der Waals surface area contributed by atoms with Gasteiger partial charge in [0.2, 0.25) is 10.0 Å². The fourth-order valence-electron chi connectivity index (χ4n) is 6.33. The highest BCUT2D eigenvalue weighted by molar-refractivity contribution is 7.92. The molecule has 4 aliphatic rings. The molecule has 0 saturated heterocycles. The Bertz CT molecular complexity index is 971. The van der Waals surface area contributed by atoms with Gasteiger partial charge in [0.15, 0.2) is 0 Å². The Labute approximate surface area is 192 Å². The Kier molecular flexibility index (Phi) is 5.93. The van der Waals surface area contributed by atoms with Crippen LogP contribution < -0.4 is 9.73 Å². The third-order valence-electron chi connectivity index (χ3n) is 7.93. The Morgan fingerprint density at radius 1 is 1.06 bits per heavy atom. The molecule has 0 radical (unpaired) electrons. The number of rotatable bonds is 6. The zero-order valence-electron chi connectivity index (χ0n) is 20.0. The van der Waals surface area contributed by atoms with Crippen LogP contribution in [-0.4, -0.2) is 32.8 Å². The van der Waals surface area contributed by atoms with Gasteiger partial charge in [0.1, 0.15) is 6.54 Å². The van der Waals surface area contributed by atoms with Crippen LogP contribution in [0.1, 0.15) is 71.8 Å². The molecular weight excluding hydrogens is 422 g/mol. The molecule has 4 aliphatic carbocycles. The maximum absolute atomic E-state index is 12.5. The van der Waals surface area contributed by atoms with Gasteiger partial charge in [-0.3, -0.25) is 9.10 Å². The lowest BCUT2D eigenvalue weighted by Gasteiger charge is -2.57. The molecule has 4 fully saturated rings. The third-order valence-corrected chi connectivity index (χ3v) is 9.07. The topological polar surface area (TPSA) is 78.8 Å². The summed E-state index contributed by atoms with van der Waals surface area (Å²) < 4.78 is 26.1. The van der Waals surface area contributed by atoms with E-state index in [-0.39, 0.29) is 17.4 Å². The maximum Gasteiger partial charge on any atom is 0.260 e. The molecular formula is C25H37N3O3S. The van der Waals surface area contributed by atoms with E-state index in [4.69, 9.17) is 0 Å². The standard InChI is InChI=1S/C25H37N3O3S/c1-17(24(2,3)4)26-27-23(29)16-28(32(5,30)31)22-8-6-21(7-9-22)25-13-18-10-19(14-25)12-20(11-18)15-25/h6-9,18-20H,10-16H2,1-5H3,(H,27,29)/b26-17-. The van der Waals surface area contributed by atoms with Crippen molar-refractivity contribution in [3.05, 3.63) is 29.8 Å². The minimum atomic E-state index is -3.61. The fraction of sp³-hybridized carbons (Fsp3) is 0.680. The zero-order valence-corrected chi connectivity index (χ0v) is 20.8. The summed E-state index contributed by atoms with van der Waals surface area (Å²) in [5.41, 5.74) is 5.23. The Morgan fingerprint density at radius 2 is 1.56 bits per heavy atom. The number of hydrazone groups is 1. The molecule has 4 bridgehead atoms. The average Bonchev–Trinajstić information content (AvgIpc) is 2.68. The highest BCUT2D eigenvalue weighted by Gasteiger charge is 2.51. The molecule has 0 heterocycles. The molecule has 1 amide bonds. The van der Waals surface area contributed by atoms with Gasteiger partial charge in [0, 0.05) is 11.1 Å². The van der Waals surface area contributed by atoms with Crippen molar-refractivity contribution >= 4 is 27.3 Å². The molecule has 6 nitrogen and oxygen atoms in total. The van der Waals surface area contributed by atoms with Gasteiger partial charge >= 0.3 is 0 Å². The van der Waals surface area contributed by atoms with E-state index >= 15 is 0 Å². The first kappa shape index (κ1) is 23.3. The first-order valence-electron chi connectivity index (χ1n) is 11.8. The van der Waals surface area contributed by atoms with Gasteiger partial charge in [-0.2, -0.15) is 5.10 Å². The van der Waals surface area contributed by atoms with Crippen LogP contribution in [0.25, 0.3) is 0 Å². The van der Waals surface area contributed by atoms with E-state index in [1.807, 2.05) is 39.8 Å². The molecule has 4 saturated carbocycles. The molecule has 32 heavy (non-hydrogen) atoms. The number of amides is 1. The minimum Gasteiger partial charge on any atom is -0.271 e. The molecule has 176 valence electrons. The van der Waals surface area contributed by atoms with Gasteiger partial charge in [-0.1, -0.05) is 32.9 Å². The summed E-state index contributed by atoms with van der Waals surface area (Å²) in [7, 11) is -3.61. The molecule has 7 heteroatoms. The molecule has 1 aromatic carbocycles. The smallest absolute Gasteiger partial charge is 0.260 e. The van der Waals surface area contributed by atoms with Gasteiger partial charge in [-0.25, -0.2) is 13.8 Å². The van der Waals surface area contributed by atoms with Gasteiger partial charge < -0.3 is 0 Å². The van der Waals surface area contributed by atoms with Crippen LogP contribution in [0.3, 0.4) is 0 Å². The number of anilines is 1. The van der Waals surface area contributed by atoms with Crippen LogP contribution >= 0.6 is 0 Å². The van der Waals surface area contributed by atoms with Crippen molar-refractivity contribution in [2.75, 3.05) is 17.1 Å². The van der Waals surface area contributed by atoms with Crippen LogP contribution in [0, 0.1) is 23.2 Å². The van der Waals surface area contributed by atoms with Crippen molar-refractivity contribution in [3.8, 4) is 0 Å². The van der Waals surface area contributed by atoms with Crippen LogP contribution in [-0.2, 0) is 20.2 Å². The SMILES string of the molecule is C/C(=N/NC(=O)CN(c1ccc(C23CC4CC(CC(C4)C2)C3)cc1)S(C)(=O)=O)C(C)(C)C. The molecule has 0 spiro atoms. The highest BCUT2D eigenvalue weighted by atomic mass is 32.2. The fourth-order valence-corrected chi connectivity index (χ4v) is 7.18. The Balaban J connectivity index is 1.51. The van der Waals surface area contributed by atoms with E-state index in [9.17, 15) is 13.2 Å². The Morgan fingerprint density at radius 3 is 2.00 bits per heavy atom. The lowest BCUT2D eigenvalue weighted by atomic mass is 9.48. The second-order valence-electron chi connectivity index (χ2n) is 11.5. The highest BCUT2D eigenvalue weighted by Crippen LogP contribution is 2.60. The normalized spacial score (nSPS) is 29.8. The number of nitrogens with one attached hydrogen (secondary N) is 1. The Hall–Kier alpha value is -1.89. The first-order valence-corrected chi connectivity index (χ1v) is 13.6. The van der Waals surface area contributed by atoms with Crippen molar-refractivity contribution in [1.29, 1.82) is 0 Å². The molecule has 0 unspecified atom stereocenters. The quantitative estimate of drug-likeness (QED) is 0.504. The molecule has 5 rings (SSSR count). The predicted molar refractivity (Wildman–Crippen MR) is 129 cm³/mol. The largest absolute Gasteiger partial charge is 0.271 e. The lowest BCUT2D eigenvalue weighted by Crippen LogP contribution is -2.48. The number of hydrogen-bond donors (Lipinski definition) is 1. The van der Waals surface area contributed by atoms with E-state index in [1.165, 1.54) is 44.1 Å². The van der Waals surface area contributed by atoms with Gasteiger partial charge in [0.05, 0.1) is 11.9 Å². The van der Waals surface area contributed by atoms with E-state index in [0.717, 1.165) is 34.0 Å². The number of benzene rings is 1. The summed E-state index contributed by atoms with van der Waals surface area (Å²) in [5.74, 6) is 2.11. The molecule has 1 aromatic rings. The molecule has 0 atom stereocenters. The van der Waals surface area contributed by atoms with Crippen molar-refractivity contribution in [2.45, 2.75) is 71.6 Å². The summed E-state index contributed by atoms with van der Waals surface area (Å²) in [4.78, 5) is 12.5. The molecule has 0 aromatic heterocycles. The van der Waals surface area contributed by atoms with Crippen LogP contribution in [0.4, 0.5) is 5.69 Å². The summed E-state index contributed by atoms with van der Waals surface area (Å²) in [6, 6.07) is 7.93. The zero-order chi connectivity index (χ0) is 23.3. The van der Waals surface area contributed by atoms with Crippen molar-refractivity contribution in [3.63, 3.8) is 0 Å². The van der Waals surface area contributed by atoms with Crippen molar-refractivity contribution in [1.82, 2.24) is 5.43 Å². The first-order chi connectivity index (χ1) is 14.9. The number of carbonyl (C=O) groups is 1. The second kappa shape index (κ2) is 8.15. The third kappa shape index (κ3) is 4.73. The van der Waals surface area contributed by atoms with Gasteiger partial charge in [0.25, 0.3) is 5.91 Å². The van der Waals surface area contributed by atoms with E-state index in [2.05, 4.69) is 22.7 Å². The summed E-state index contributed by atoms with van der Waals surface area (Å²) in [5, 5.41) is 4.14. The predicted octanol–water partition coefficient (Wildman–Crippen LogP) is 4.46. The summed E-state index contributed by atoms with van der Waals surface area (Å²) in [6.45, 7) is 7.57. The number of hydrogen-bond acceptors (Lipinski definition) is 4. The van der Waals surface area contributed by atoms with Crippen LogP contribution in [0.2, 0.25) is 0 Å². The number of nitrogens with zero attached hydrogens (tertiary/aromatic N) is 2. The van der Waals surface area contributed by atoms with E-state index in [0.29, 0.717) is 5.69 Å². The van der Waals surface area contributed by atoms with Crippen LogP contribution in [0.15, 0.2) is 29.4 Å². The second-order valence-corrected chi connectivity index (χ2v) is 13.4. The monoisotopic (exact) mass is 459 g/mol. The number of carbonyl (C=O) groups excluding carboxylic acids is 1. The van der Waals surface area contributed by atoms with E-state index < -0.39 is 15.9 Å². The molecule has 1 N–H and O–H groups in total. The molecule has 0 aliphatic heterocycles. The van der Waals surface area contributed by atoms with Crippen molar-refractivity contribution < 1.29 is 13.2 Å². The minimum absolute atomic E-state index is 0.170. The lowest BCUT2D eigenvalue weighted by molar-refractivity contribution is -0.119. The maximum atomic E-state index is 12.5. The van der Waals surface area contributed by atoms with Gasteiger partial charge in [-0.05, 0) is 86.3 Å². The van der Waals surface area contributed by atoms with E-state index in [1.54, 1.807) is 0 Å². The van der Waals surface area contributed by atoms with Crippen molar-refractivity contribution in [2.24, 2.45) is 28.3 Å². The van der Waals surface area contributed by atoms with Gasteiger partial charge in [-0.15, -0.1) is 0 Å².